The zero-order valence-electron chi connectivity index (χ0n) is 11.4. The Balaban J connectivity index is 2.20. The van der Waals surface area contributed by atoms with Crippen LogP contribution < -0.4 is 4.74 Å². The fourth-order valence-electron chi connectivity index (χ4n) is 2.53. The van der Waals surface area contributed by atoms with Crippen molar-refractivity contribution in [3.8, 4) is 5.75 Å². The van der Waals surface area contributed by atoms with Crippen LogP contribution in [0.3, 0.4) is 0 Å². The van der Waals surface area contributed by atoms with Gasteiger partial charge in [0.25, 0.3) is 0 Å². The van der Waals surface area contributed by atoms with Crippen molar-refractivity contribution >= 4 is 5.57 Å². The van der Waals surface area contributed by atoms with Crippen molar-refractivity contribution in [2.24, 2.45) is 5.41 Å². The first kappa shape index (κ1) is 11.3. The zero-order valence-corrected chi connectivity index (χ0v) is 11.4. The van der Waals surface area contributed by atoms with Crippen molar-refractivity contribution in [3.63, 3.8) is 0 Å². The summed E-state index contributed by atoms with van der Waals surface area (Å²) in [7, 11) is 0. The molecule has 0 aromatic heterocycles. The minimum atomic E-state index is 0.0699. The summed E-state index contributed by atoms with van der Waals surface area (Å²) in [5.74, 6) is 1.98. The van der Waals surface area contributed by atoms with Gasteiger partial charge in [-0.05, 0) is 37.1 Å². The van der Waals surface area contributed by atoms with Gasteiger partial charge in [-0.2, -0.15) is 0 Å². The first-order valence-corrected chi connectivity index (χ1v) is 6.38. The van der Waals surface area contributed by atoms with Crippen LogP contribution in [0.5, 0.6) is 5.75 Å². The molecule has 0 saturated carbocycles. The van der Waals surface area contributed by atoms with Gasteiger partial charge in [0, 0.05) is 16.6 Å². The van der Waals surface area contributed by atoms with Gasteiger partial charge < -0.3 is 4.74 Å². The third-order valence-corrected chi connectivity index (χ3v) is 3.61. The molecule has 1 aliphatic carbocycles. The monoisotopic (exact) mass is 238 g/mol. The molecule has 1 heteroatoms. The van der Waals surface area contributed by atoms with E-state index < -0.39 is 0 Å². The van der Waals surface area contributed by atoms with Gasteiger partial charge in [-0.1, -0.05) is 38.1 Å². The number of aryl methyl sites for hydroxylation is 1. The average Bonchev–Trinajstić information content (AvgIpc) is 2.27. The lowest BCUT2D eigenvalue weighted by atomic mass is 9.83. The van der Waals surface area contributed by atoms with Gasteiger partial charge in [-0.15, -0.1) is 0 Å². The van der Waals surface area contributed by atoms with E-state index >= 15 is 0 Å². The van der Waals surface area contributed by atoms with Crippen molar-refractivity contribution in [3.05, 3.63) is 58.9 Å². The molecular formula is C17H18O. The summed E-state index contributed by atoms with van der Waals surface area (Å²) in [5, 5.41) is 0. The third-order valence-electron chi connectivity index (χ3n) is 3.61. The van der Waals surface area contributed by atoms with E-state index in [-0.39, 0.29) is 5.41 Å². The molecular weight excluding hydrogens is 220 g/mol. The van der Waals surface area contributed by atoms with Crippen LogP contribution in [0.25, 0.3) is 5.57 Å². The molecule has 2 aliphatic rings. The Kier molecular flexibility index (Phi) is 2.28. The first-order chi connectivity index (χ1) is 8.46. The predicted octanol–water partition coefficient (Wildman–Crippen LogP) is 4.64. The molecule has 1 nitrogen and oxygen atoms in total. The molecule has 3 rings (SSSR count). The van der Waals surface area contributed by atoms with E-state index in [4.69, 9.17) is 4.74 Å². The third kappa shape index (κ3) is 1.71. The highest BCUT2D eigenvalue weighted by Crippen LogP contribution is 2.42. The van der Waals surface area contributed by atoms with Gasteiger partial charge in [0.2, 0.25) is 0 Å². The normalized spacial score (nSPS) is 19.9. The van der Waals surface area contributed by atoms with Gasteiger partial charge in [0.1, 0.15) is 11.5 Å². The van der Waals surface area contributed by atoms with Gasteiger partial charge in [-0.25, -0.2) is 0 Å². The maximum atomic E-state index is 6.07. The molecule has 0 amide bonds. The lowest BCUT2D eigenvalue weighted by Gasteiger charge is -2.29. The molecule has 0 fully saturated rings. The molecule has 0 atom stereocenters. The lowest BCUT2D eigenvalue weighted by Crippen LogP contribution is -2.16. The molecule has 1 heterocycles. The highest BCUT2D eigenvalue weighted by Gasteiger charge is 2.26. The second-order valence-electron chi connectivity index (χ2n) is 5.80. The topological polar surface area (TPSA) is 9.23 Å². The van der Waals surface area contributed by atoms with Crippen LogP contribution in [0.15, 0.2) is 47.8 Å². The lowest BCUT2D eigenvalue weighted by molar-refractivity contribution is 0.414. The van der Waals surface area contributed by atoms with Gasteiger partial charge in [0.15, 0.2) is 0 Å². The van der Waals surface area contributed by atoms with Crippen LogP contribution in [-0.2, 0) is 0 Å². The van der Waals surface area contributed by atoms with Crippen molar-refractivity contribution in [2.75, 3.05) is 0 Å². The van der Waals surface area contributed by atoms with Crippen LogP contribution >= 0.6 is 0 Å². The Labute approximate surface area is 108 Å². The van der Waals surface area contributed by atoms with E-state index in [0.29, 0.717) is 0 Å². The predicted molar refractivity (Wildman–Crippen MR) is 75.4 cm³/mol. The molecule has 0 N–H and O–H groups in total. The van der Waals surface area contributed by atoms with E-state index in [1.165, 1.54) is 22.3 Å². The summed E-state index contributed by atoms with van der Waals surface area (Å²) < 4.78 is 6.07. The molecule has 0 radical (unpaired) electrons. The Bertz CT molecular complexity index is 612. The first-order valence-electron chi connectivity index (χ1n) is 6.38. The maximum Gasteiger partial charge on any atom is 0.135 e. The second kappa shape index (κ2) is 3.61. The molecule has 0 unspecified atom stereocenters. The molecule has 0 bridgehead atoms. The molecule has 92 valence electrons. The summed E-state index contributed by atoms with van der Waals surface area (Å²) in [5.41, 5.74) is 5.02. The van der Waals surface area contributed by atoms with Crippen LogP contribution in [0.1, 0.15) is 31.9 Å². The number of hydrogen-bond acceptors (Lipinski definition) is 1. The fraction of sp³-hybridized carbons (Fsp3) is 0.294. The van der Waals surface area contributed by atoms with Crippen molar-refractivity contribution in [2.45, 2.75) is 27.7 Å². The van der Waals surface area contributed by atoms with Crippen LogP contribution in [0.4, 0.5) is 0 Å². The maximum absolute atomic E-state index is 6.07. The van der Waals surface area contributed by atoms with Crippen LogP contribution in [0.2, 0.25) is 0 Å². The second-order valence-corrected chi connectivity index (χ2v) is 5.80. The van der Waals surface area contributed by atoms with E-state index in [0.717, 1.165) is 11.5 Å². The number of hydrogen-bond donors (Lipinski definition) is 0. The van der Waals surface area contributed by atoms with E-state index in [9.17, 15) is 0 Å². The summed E-state index contributed by atoms with van der Waals surface area (Å²) in [6, 6.07) is 6.40. The van der Waals surface area contributed by atoms with Gasteiger partial charge >= 0.3 is 0 Å². The summed E-state index contributed by atoms with van der Waals surface area (Å²) in [6.07, 6.45) is 6.63. The van der Waals surface area contributed by atoms with Crippen LogP contribution in [0, 0.1) is 12.3 Å². The summed E-state index contributed by atoms with van der Waals surface area (Å²) >= 11 is 0. The number of allylic oxidation sites excluding steroid dienone is 4. The zero-order chi connectivity index (χ0) is 12.9. The molecule has 0 saturated heterocycles. The Morgan fingerprint density at radius 3 is 2.67 bits per heavy atom. The van der Waals surface area contributed by atoms with E-state index in [1.807, 2.05) is 0 Å². The largest absolute Gasteiger partial charge is 0.456 e. The quantitative estimate of drug-likeness (QED) is 0.639. The van der Waals surface area contributed by atoms with Crippen LogP contribution in [-0.4, -0.2) is 0 Å². The van der Waals surface area contributed by atoms with Gasteiger partial charge in [-0.3, -0.25) is 0 Å². The summed E-state index contributed by atoms with van der Waals surface area (Å²) in [4.78, 5) is 0. The highest BCUT2D eigenvalue weighted by molar-refractivity contribution is 5.80. The minimum Gasteiger partial charge on any atom is -0.456 e. The van der Waals surface area contributed by atoms with Crippen molar-refractivity contribution in [1.29, 1.82) is 0 Å². The number of rotatable bonds is 0. The SMILES string of the molecule is CC1=C2C=CC(C)(C)C=C2Oc2cc(C)ccc21. The molecule has 18 heavy (non-hydrogen) atoms. The number of ether oxygens (including phenoxy) is 1. The average molecular weight is 238 g/mol. The fourth-order valence-corrected chi connectivity index (χ4v) is 2.53. The van der Waals surface area contributed by atoms with E-state index in [1.54, 1.807) is 0 Å². The van der Waals surface area contributed by atoms with Crippen molar-refractivity contribution < 1.29 is 4.74 Å². The molecule has 1 aromatic rings. The molecule has 0 spiro atoms. The Morgan fingerprint density at radius 1 is 1.11 bits per heavy atom. The number of fused-ring (bicyclic) bond motifs is 2. The van der Waals surface area contributed by atoms with Gasteiger partial charge in [0.05, 0.1) is 0 Å². The smallest absolute Gasteiger partial charge is 0.135 e. The number of benzene rings is 1. The Hall–Kier alpha value is -1.76. The Morgan fingerprint density at radius 2 is 1.89 bits per heavy atom. The van der Waals surface area contributed by atoms with E-state index in [2.05, 4.69) is 64.1 Å². The minimum absolute atomic E-state index is 0.0699. The van der Waals surface area contributed by atoms with Crippen molar-refractivity contribution in [1.82, 2.24) is 0 Å². The standard InChI is InChI=1S/C17H18O/c1-11-5-6-13-12(2)14-7-8-17(3,4)10-16(14)18-15(13)9-11/h5-10H,1-4H3. The summed E-state index contributed by atoms with van der Waals surface area (Å²) in [6.45, 7) is 8.65. The molecule has 1 aromatic carbocycles. The molecule has 1 aliphatic heterocycles. The highest BCUT2D eigenvalue weighted by atomic mass is 16.5.